The highest BCUT2D eigenvalue weighted by molar-refractivity contribution is 5.28. The molecule has 0 aliphatic carbocycles. The molecular weight excluding hydrogens is 222 g/mol. The number of benzene rings is 1. The van der Waals surface area contributed by atoms with Gasteiger partial charge in [0, 0.05) is 5.54 Å². The number of hydrogen-bond donors (Lipinski definition) is 1. The molecule has 0 atom stereocenters. The Morgan fingerprint density at radius 2 is 1.56 bits per heavy atom. The summed E-state index contributed by atoms with van der Waals surface area (Å²) < 4.78 is 5.81. The molecule has 1 rings (SSSR count). The number of aryl methyl sites for hydroxylation is 1. The number of ether oxygens (including phenoxy) is 1. The SMILES string of the molecule is CNC(C)(C)CCc1ccc(OC(C)(C)C)cc1. The van der Waals surface area contributed by atoms with Crippen molar-refractivity contribution in [2.45, 2.75) is 58.6 Å². The Morgan fingerprint density at radius 1 is 1.00 bits per heavy atom. The molecule has 1 aromatic carbocycles. The fourth-order valence-corrected chi connectivity index (χ4v) is 1.66. The molecule has 0 fully saturated rings. The van der Waals surface area contributed by atoms with E-state index in [9.17, 15) is 0 Å². The average Bonchev–Trinajstić information content (AvgIpc) is 2.26. The maximum atomic E-state index is 5.81. The van der Waals surface area contributed by atoms with Gasteiger partial charge in [0.25, 0.3) is 0 Å². The molecule has 0 saturated heterocycles. The molecule has 102 valence electrons. The minimum Gasteiger partial charge on any atom is -0.488 e. The van der Waals surface area contributed by atoms with Gasteiger partial charge in [-0.3, -0.25) is 0 Å². The summed E-state index contributed by atoms with van der Waals surface area (Å²) in [6, 6.07) is 8.44. The van der Waals surface area contributed by atoms with Gasteiger partial charge in [0.1, 0.15) is 11.4 Å². The van der Waals surface area contributed by atoms with E-state index in [1.54, 1.807) is 0 Å². The Balaban J connectivity index is 2.56. The molecule has 2 heteroatoms. The molecule has 0 heterocycles. The summed E-state index contributed by atoms with van der Waals surface area (Å²) in [7, 11) is 2.01. The van der Waals surface area contributed by atoms with Gasteiger partial charge >= 0.3 is 0 Å². The monoisotopic (exact) mass is 249 g/mol. The Hall–Kier alpha value is -1.02. The quantitative estimate of drug-likeness (QED) is 0.857. The van der Waals surface area contributed by atoms with Crippen LogP contribution in [0.1, 0.15) is 46.6 Å². The van der Waals surface area contributed by atoms with Crippen molar-refractivity contribution in [2.24, 2.45) is 0 Å². The van der Waals surface area contributed by atoms with Gasteiger partial charge < -0.3 is 10.1 Å². The van der Waals surface area contributed by atoms with Crippen molar-refractivity contribution in [3.8, 4) is 5.75 Å². The third-order valence-electron chi connectivity index (χ3n) is 3.06. The van der Waals surface area contributed by atoms with E-state index < -0.39 is 0 Å². The molecule has 1 aromatic rings. The van der Waals surface area contributed by atoms with Crippen molar-refractivity contribution in [1.82, 2.24) is 5.32 Å². The fourth-order valence-electron chi connectivity index (χ4n) is 1.66. The second-order valence-corrected chi connectivity index (χ2v) is 6.49. The summed E-state index contributed by atoms with van der Waals surface area (Å²) >= 11 is 0. The maximum absolute atomic E-state index is 5.81. The molecule has 18 heavy (non-hydrogen) atoms. The number of nitrogens with one attached hydrogen (secondary N) is 1. The second kappa shape index (κ2) is 5.75. The van der Waals surface area contributed by atoms with Crippen LogP contribution < -0.4 is 10.1 Å². The van der Waals surface area contributed by atoms with E-state index in [2.05, 4.69) is 64.2 Å². The summed E-state index contributed by atoms with van der Waals surface area (Å²) in [5.41, 5.74) is 1.43. The molecule has 0 radical (unpaired) electrons. The Kier molecular flexibility index (Phi) is 4.80. The van der Waals surface area contributed by atoms with Gasteiger partial charge in [0.15, 0.2) is 0 Å². The van der Waals surface area contributed by atoms with Crippen LogP contribution in [0.15, 0.2) is 24.3 Å². The average molecular weight is 249 g/mol. The van der Waals surface area contributed by atoms with Gasteiger partial charge in [-0.05, 0) is 72.2 Å². The summed E-state index contributed by atoms with van der Waals surface area (Å²) in [5.74, 6) is 0.944. The van der Waals surface area contributed by atoms with Crippen LogP contribution in [0.2, 0.25) is 0 Å². The first-order valence-electron chi connectivity index (χ1n) is 6.69. The van der Waals surface area contributed by atoms with E-state index in [0.29, 0.717) is 0 Å². The highest BCUT2D eigenvalue weighted by Gasteiger charge is 2.14. The first-order valence-corrected chi connectivity index (χ1v) is 6.69. The minimum absolute atomic E-state index is 0.129. The molecule has 0 saturated carbocycles. The maximum Gasteiger partial charge on any atom is 0.120 e. The molecule has 1 N–H and O–H groups in total. The fraction of sp³-hybridized carbons (Fsp3) is 0.625. The van der Waals surface area contributed by atoms with Gasteiger partial charge in [0.05, 0.1) is 0 Å². The van der Waals surface area contributed by atoms with Crippen molar-refractivity contribution in [3.63, 3.8) is 0 Å². The molecule has 0 spiro atoms. The predicted octanol–water partition coefficient (Wildman–Crippen LogP) is 3.79. The van der Waals surface area contributed by atoms with Crippen LogP contribution in [0, 0.1) is 0 Å². The van der Waals surface area contributed by atoms with Gasteiger partial charge in [-0.2, -0.15) is 0 Å². The van der Waals surface area contributed by atoms with E-state index >= 15 is 0 Å². The Bertz CT molecular complexity index is 360. The van der Waals surface area contributed by atoms with Crippen LogP contribution in [0.3, 0.4) is 0 Å². The summed E-state index contributed by atoms with van der Waals surface area (Å²) in [6.45, 7) is 10.7. The normalized spacial score (nSPS) is 12.6. The van der Waals surface area contributed by atoms with Crippen LogP contribution in [-0.2, 0) is 6.42 Å². The van der Waals surface area contributed by atoms with E-state index in [-0.39, 0.29) is 11.1 Å². The van der Waals surface area contributed by atoms with E-state index in [0.717, 1.165) is 18.6 Å². The Morgan fingerprint density at radius 3 is 2.00 bits per heavy atom. The van der Waals surface area contributed by atoms with Crippen LogP contribution in [0.5, 0.6) is 5.75 Å². The Labute approximate surface area is 112 Å². The first kappa shape index (κ1) is 15.0. The standard InChI is InChI=1S/C16H27NO/c1-15(2,3)18-14-9-7-13(8-10-14)11-12-16(4,5)17-6/h7-10,17H,11-12H2,1-6H3. The zero-order chi connectivity index (χ0) is 13.8. The van der Waals surface area contributed by atoms with Gasteiger partial charge in [-0.25, -0.2) is 0 Å². The van der Waals surface area contributed by atoms with E-state index in [1.807, 2.05) is 7.05 Å². The highest BCUT2D eigenvalue weighted by atomic mass is 16.5. The van der Waals surface area contributed by atoms with E-state index in [1.165, 1.54) is 5.56 Å². The molecule has 2 nitrogen and oxygen atoms in total. The smallest absolute Gasteiger partial charge is 0.120 e. The lowest BCUT2D eigenvalue weighted by Gasteiger charge is -2.24. The van der Waals surface area contributed by atoms with Crippen molar-refractivity contribution in [3.05, 3.63) is 29.8 Å². The lowest BCUT2D eigenvalue weighted by molar-refractivity contribution is 0.131. The van der Waals surface area contributed by atoms with E-state index in [4.69, 9.17) is 4.74 Å². The number of hydrogen-bond acceptors (Lipinski definition) is 2. The van der Waals surface area contributed by atoms with Crippen LogP contribution >= 0.6 is 0 Å². The minimum atomic E-state index is -0.129. The van der Waals surface area contributed by atoms with Crippen LogP contribution in [0.25, 0.3) is 0 Å². The molecule has 0 aliphatic heterocycles. The van der Waals surface area contributed by atoms with Crippen LogP contribution in [0.4, 0.5) is 0 Å². The third-order valence-corrected chi connectivity index (χ3v) is 3.06. The largest absolute Gasteiger partial charge is 0.488 e. The van der Waals surface area contributed by atoms with Crippen molar-refractivity contribution >= 4 is 0 Å². The summed E-state index contributed by atoms with van der Waals surface area (Å²) in [6.07, 6.45) is 2.21. The van der Waals surface area contributed by atoms with Gasteiger partial charge in [-0.1, -0.05) is 12.1 Å². The molecular formula is C16H27NO. The second-order valence-electron chi connectivity index (χ2n) is 6.49. The predicted molar refractivity (Wildman–Crippen MR) is 78.3 cm³/mol. The van der Waals surface area contributed by atoms with Crippen molar-refractivity contribution in [1.29, 1.82) is 0 Å². The lowest BCUT2D eigenvalue weighted by Crippen LogP contribution is -2.36. The van der Waals surface area contributed by atoms with Crippen molar-refractivity contribution < 1.29 is 4.74 Å². The summed E-state index contributed by atoms with van der Waals surface area (Å²) in [4.78, 5) is 0. The molecule has 0 aliphatic rings. The van der Waals surface area contributed by atoms with Crippen LogP contribution in [-0.4, -0.2) is 18.2 Å². The molecule has 0 unspecified atom stereocenters. The topological polar surface area (TPSA) is 21.3 Å². The van der Waals surface area contributed by atoms with Gasteiger partial charge in [-0.15, -0.1) is 0 Å². The third kappa shape index (κ3) is 5.54. The number of rotatable bonds is 5. The van der Waals surface area contributed by atoms with Crippen molar-refractivity contribution in [2.75, 3.05) is 7.05 Å². The first-order chi connectivity index (χ1) is 8.22. The molecule has 0 aromatic heterocycles. The highest BCUT2D eigenvalue weighted by Crippen LogP contribution is 2.20. The summed E-state index contributed by atoms with van der Waals surface area (Å²) in [5, 5.41) is 3.33. The molecule has 0 amide bonds. The molecule has 0 bridgehead atoms. The lowest BCUT2D eigenvalue weighted by atomic mass is 9.95. The van der Waals surface area contributed by atoms with Gasteiger partial charge in [0.2, 0.25) is 0 Å². The zero-order valence-corrected chi connectivity index (χ0v) is 12.6. The zero-order valence-electron chi connectivity index (χ0n) is 12.6.